The van der Waals surface area contributed by atoms with Crippen LogP contribution in [0.25, 0.3) is 0 Å². The van der Waals surface area contributed by atoms with Gasteiger partial charge in [0.05, 0.1) is 25.3 Å². The molecule has 2 aliphatic rings. The molecule has 2 heterocycles. The third-order valence-electron chi connectivity index (χ3n) is 7.21. The number of likely N-dealkylation sites (tertiary alicyclic amines) is 2. The van der Waals surface area contributed by atoms with Crippen LogP contribution in [0.2, 0.25) is 0 Å². The van der Waals surface area contributed by atoms with Gasteiger partial charge >= 0.3 is 18.0 Å². The molecular weight excluding hydrogens is 476 g/mol. The maximum absolute atomic E-state index is 13.8. The van der Waals surface area contributed by atoms with E-state index in [2.05, 4.69) is 10.6 Å². The van der Waals surface area contributed by atoms with Gasteiger partial charge in [-0.3, -0.25) is 14.9 Å². The van der Waals surface area contributed by atoms with E-state index in [1.165, 1.54) is 0 Å². The van der Waals surface area contributed by atoms with Crippen LogP contribution in [0, 0.1) is 5.92 Å². The van der Waals surface area contributed by atoms with Gasteiger partial charge in [0, 0.05) is 20.1 Å². The lowest BCUT2D eigenvalue weighted by Crippen LogP contribution is -2.59. The van der Waals surface area contributed by atoms with Crippen molar-refractivity contribution in [3.63, 3.8) is 0 Å². The van der Waals surface area contributed by atoms with Crippen LogP contribution in [0.4, 0.5) is 4.79 Å². The van der Waals surface area contributed by atoms with Crippen molar-refractivity contribution in [3.8, 4) is 0 Å². The van der Waals surface area contributed by atoms with Crippen molar-refractivity contribution in [3.05, 3.63) is 35.9 Å². The van der Waals surface area contributed by atoms with E-state index in [1.54, 1.807) is 37.6 Å². The zero-order valence-electron chi connectivity index (χ0n) is 22.3. The first-order valence-corrected chi connectivity index (χ1v) is 13.2. The molecule has 204 valence electrons. The van der Waals surface area contributed by atoms with E-state index in [-0.39, 0.29) is 37.1 Å². The molecule has 10 nitrogen and oxygen atoms in total. The van der Waals surface area contributed by atoms with Crippen LogP contribution < -0.4 is 10.6 Å². The number of ether oxygens (including phenoxy) is 2. The summed E-state index contributed by atoms with van der Waals surface area (Å²) in [6.07, 6.45) is 2.29. The van der Waals surface area contributed by atoms with Gasteiger partial charge in [0.2, 0.25) is 5.91 Å². The highest BCUT2D eigenvalue weighted by Crippen LogP contribution is 2.37. The van der Waals surface area contributed by atoms with E-state index in [0.29, 0.717) is 38.8 Å². The molecule has 1 aromatic rings. The summed E-state index contributed by atoms with van der Waals surface area (Å²) in [7, 11) is 1.57. The van der Waals surface area contributed by atoms with Crippen molar-refractivity contribution in [1.82, 2.24) is 20.4 Å². The molecule has 37 heavy (non-hydrogen) atoms. The third kappa shape index (κ3) is 7.00. The summed E-state index contributed by atoms with van der Waals surface area (Å²) < 4.78 is 10.6. The largest absolute Gasteiger partial charge is 0.465 e. The molecule has 0 aliphatic carbocycles. The summed E-state index contributed by atoms with van der Waals surface area (Å²) in [5.41, 5.74) is 1.08. The van der Waals surface area contributed by atoms with Gasteiger partial charge in [-0.25, -0.2) is 9.59 Å². The molecule has 0 bridgehead atoms. The molecule has 0 spiro atoms. The Hall–Kier alpha value is -3.14. The Morgan fingerprint density at radius 3 is 2.43 bits per heavy atom. The number of benzene rings is 1. The maximum Gasteiger partial charge on any atom is 0.328 e. The highest BCUT2D eigenvalue weighted by atomic mass is 16.5. The van der Waals surface area contributed by atoms with Gasteiger partial charge in [-0.1, -0.05) is 30.3 Å². The summed E-state index contributed by atoms with van der Waals surface area (Å²) in [4.78, 5) is 55.0. The second-order valence-electron chi connectivity index (χ2n) is 9.58. The molecule has 2 fully saturated rings. The van der Waals surface area contributed by atoms with Crippen molar-refractivity contribution in [2.24, 2.45) is 5.92 Å². The third-order valence-corrected chi connectivity index (χ3v) is 7.21. The number of amides is 3. The van der Waals surface area contributed by atoms with E-state index in [9.17, 15) is 19.2 Å². The van der Waals surface area contributed by atoms with Crippen LogP contribution in [-0.4, -0.2) is 91.2 Å². The fourth-order valence-corrected chi connectivity index (χ4v) is 5.37. The van der Waals surface area contributed by atoms with Crippen molar-refractivity contribution in [2.75, 3.05) is 33.4 Å². The number of hydrogen-bond acceptors (Lipinski definition) is 7. The summed E-state index contributed by atoms with van der Waals surface area (Å²) in [5, 5.41) is 5.81. The average Bonchev–Trinajstić information content (AvgIpc) is 3.29. The van der Waals surface area contributed by atoms with Crippen molar-refractivity contribution in [2.45, 2.75) is 70.6 Å². The second kappa shape index (κ2) is 13.4. The Labute approximate surface area is 219 Å². The Morgan fingerprint density at radius 1 is 1.08 bits per heavy atom. The Kier molecular flexibility index (Phi) is 10.3. The lowest BCUT2D eigenvalue weighted by molar-refractivity contribution is -0.155. The zero-order valence-corrected chi connectivity index (χ0v) is 22.3. The van der Waals surface area contributed by atoms with E-state index >= 15 is 0 Å². The molecule has 3 amide bonds. The van der Waals surface area contributed by atoms with Gasteiger partial charge in [-0.15, -0.1) is 0 Å². The van der Waals surface area contributed by atoms with Crippen molar-refractivity contribution < 1.29 is 28.7 Å². The minimum absolute atomic E-state index is 0.0883. The quantitative estimate of drug-likeness (QED) is 0.455. The molecule has 0 aromatic heterocycles. The first-order chi connectivity index (χ1) is 17.8. The first-order valence-electron chi connectivity index (χ1n) is 13.2. The lowest BCUT2D eigenvalue weighted by atomic mass is 9.91. The standard InChI is InChI=1S/C27H40N4O6/c1-5-36-25(33)21(13-12-19-10-8-7-9-11-19)29-18(3)24(32)31-22(26(34)37-6-2)16-20-14-15-30(17-23(20)31)27(35)28-4/h7-11,18,20-23,29H,5-6,12-17H2,1-4H3,(H,28,35)/t18-,20-,21+,22+,23+/m1/s1. The highest BCUT2D eigenvalue weighted by Gasteiger charge is 2.51. The van der Waals surface area contributed by atoms with Crippen LogP contribution in [0.5, 0.6) is 0 Å². The number of urea groups is 1. The topological polar surface area (TPSA) is 117 Å². The first kappa shape index (κ1) is 28.4. The number of nitrogens with one attached hydrogen (secondary N) is 2. The normalized spacial score (nSPS) is 22.5. The number of aryl methyl sites for hydroxylation is 1. The molecule has 2 aliphatic heterocycles. The molecule has 0 saturated carbocycles. The monoisotopic (exact) mass is 516 g/mol. The summed E-state index contributed by atoms with van der Waals surface area (Å²) in [6.45, 7) is 6.54. The molecule has 3 rings (SSSR count). The maximum atomic E-state index is 13.8. The summed E-state index contributed by atoms with van der Waals surface area (Å²) in [5.74, 6) is -1.05. The number of nitrogens with zero attached hydrogens (tertiary/aromatic N) is 2. The van der Waals surface area contributed by atoms with Crippen molar-refractivity contribution in [1.29, 1.82) is 0 Å². The lowest BCUT2D eigenvalue weighted by Gasteiger charge is -2.39. The molecule has 5 atom stereocenters. The predicted molar refractivity (Wildman–Crippen MR) is 138 cm³/mol. The smallest absolute Gasteiger partial charge is 0.328 e. The number of esters is 2. The molecule has 0 radical (unpaired) electrons. The van der Waals surface area contributed by atoms with Crippen LogP contribution in [0.3, 0.4) is 0 Å². The molecule has 1 aromatic carbocycles. The summed E-state index contributed by atoms with van der Waals surface area (Å²) >= 11 is 0. The number of piperidine rings is 1. The fourth-order valence-electron chi connectivity index (χ4n) is 5.37. The molecular formula is C27H40N4O6. The van der Waals surface area contributed by atoms with Crippen LogP contribution in [0.15, 0.2) is 30.3 Å². The van der Waals surface area contributed by atoms with Crippen molar-refractivity contribution >= 4 is 23.9 Å². The van der Waals surface area contributed by atoms with Crippen LogP contribution in [0.1, 0.15) is 45.6 Å². The Balaban J connectivity index is 1.78. The SMILES string of the molecule is CCOC(=O)[C@H](CCc1ccccc1)N[C@H](C)C(=O)N1[C@H](C(=O)OCC)C[C@H]2CCN(C(=O)NC)C[C@@H]21. The van der Waals surface area contributed by atoms with E-state index in [1.807, 2.05) is 30.3 Å². The Bertz CT molecular complexity index is 942. The molecule has 2 N–H and O–H groups in total. The van der Waals surface area contributed by atoms with Crippen LogP contribution in [-0.2, 0) is 30.3 Å². The minimum Gasteiger partial charge on any atom is -0.465 e. The van der Waals surface area contributed by atoms with Crippen LogP contribution >= 0.6 is 0 Å². The van der Waals surface area contributed by atoms with Gasteiger partial charge in [0.1, 0.15) is 12.1 Å². The average molecular weight is 517 g/mol. The fraction of sp³-hybridized carbons (Fsp3) is 0.630. The number of rotatable bonds is 10. The minimum atomic E-state index is -0.753. The number of hydrogen-bond donors (Lipinski definition) is 2. The van der Waals surface area contributed by atoms with Gasteiger partial charge in [0.15, 0.2) is 0 Å². The molecule has 2 saturated heterocycles. The zero-order chi connectivity index (χ0) is 26.9. The number of carbonyl (C=O) groups is 4. The van der Waals surface area contributed by atoms with Gasteiger partial charge in [-0.2, -0.15) is 0 Å². The number of carbonyl (C=O) groups excluding carboxylic acids is 4. The highest BCUT2D eigenvalue weighted by molar-refractivity contribution is 5.89. The van der Waals surface area contributed by atoms with E-state index < -0.39 is 30.1 Å². The van der Waals surface area contributed by atoms with E-state index in [4.69, 9.17) is 9.47 Å². The number of fused-ring (bicyclic) bond motifs is 1. The second-order valence-corrected chi connectivity index (χ2v) is 9.58. The molecule has 0 unspecified atom stereocenters. The van der Waals surface area contributed by atoms with Gasteiger partial charge in [0.25, 0.3) is 0 Å². The summed E-state index contributed by atoms with van der Waals surface area (Å²) in [6, 6.07) is 7.14. The van der Waals surface area contributed by atoms with Gasteiger partial charge < -0.3 is 24.6 Å². The molecule has 10 heteroatoms. The van der Waals surface area contributed by atoms with E-state index in [0.717, 1.165) is 5.56 Å². The van der Waals surface area contributed by atoms with Gasteiger partial charge in [-0.05, 0) is 57.9 Å². The predicted octanol–water partition coefficient (Wildman–Crippen LogP) is 1.72. The Morgan fingerprint density at radius 2 is 1.78 bits per heavy atom.